The van der Waals surface area contributed by atoms with Crippen molar-refractivity contribution in [2.24, 2.45) is 0 Å². The fourth-order valence-electron chi connectivity index (χ4n) is 2.61. The molecule has 26 heavy (non-hydrogen) atoms. The van der Waals surface area contributed by atoms with Crippen molar-refractivity contribution in [2.75, 3.05) is 6.61 Å². The van der Waals surface area contributed by atoms with Gasteiger partial charge in [-0.25, -0.2) is 4.79 Å². The summed E-state index contributed by atoms with van der Waals surface area (Å²) in [6, 6.07) is 5.46. The van der Waals surface area contributed by atoms with E-state index in [0.717, 1.165) is 0 Å². The number of aryl methyl sites for hydroxylation is 1. The van der Waals surface area contributed by atoms with Crippen molar-refractivity contribution in [2.45, 2.75) is 33.8 Å². The molecule has 0 bridgehead atoms. The molecule has 1 aromatic heterocycles. The third-order valence-corrected chi connectivity index (χ3v) is 3.89. The van der Waals surface area contributed by atoms with Crippen molar-refractivity contribution in [1.29, 1.82) is 0 Å². The second-order valence-electron chi connectivity index (χ2n) is 5.72. The highest BCUT2D eigenvalue weighted by atomic mass is 16.6. The zero-order valence-electron chi connectivity index (χ0n) is 15.0. The van der Waals surface area contributed by atoms with Crippen LogP contribution in [0.15, 0.2) is 24.3 Å². The lowest BCUT2D eigenvalue weighted by molar-refractivity contribution is -0.384. The molecule has 0 fully saturated rings. The van der Waals surface area contributed by atoms with Crippen LogP contribution in [0.5, 0.6) is 5.75 Å². The predicted molar refractivity (Wildman–Crippen MR) is 93.7 cm³/mol. The SMILES string of the molecule is CCOC(=O)c1c(C)[nH]c(C(=O)C(C)Oc2ccc([N+](=O)[O-])cc2)c1C. The largest absolute Gasteiger partial charge is 0.483 e. The number of hydrogen-bond donors (Lipinski definition) is 1. The third-order valence-electron chi connectivity index (χ3n) is 3.89. The number of aromatic nitrogens is 1. The molecule has 1 unspecified atom stereocenters. The number of ketones is 1. The zero-order valence-corrected chi connectivity index (χ0v) is 15.0. The summed E-state index contributed by atoms with van der Waals surface area (Å²) in [5.74, 6) is -0.482. The van der Waals surface area contributed by atoms with Gasteiger partial charge in [-0.15, -0.1) is 0 Å². The minimum absolute atomic E-state index is 0.0637. The van der Waals surface area contributed by atoms with Crippen molar-refractivity contribution in [3.8, 4) is 5.75 Å². The van der Waals surface area contributed by atoms with Crippen molar-refractivity contribution in [1.82, 2.24) is 4.98 Å². The summed E-state index contributed by atoms with van der Waals surface area (Å²) in [4.78, 5) is 37.8. The van der Waals surface area contributed by atoms with Gasteiger partial charge < -0.3 is 14.5 Å². The fraction of sp³-hybridized carbons (Fsp3) is 0.333. The van der Waals surface area contributed by atoms with E-state index in [4.69, 9.17) is 9.47 Å². The number of carbonyl (C=O) groups is 2. The number of nitrogens with zero attached hydrogens (tertiary/aromatic N) is 1. The highest BCUT2D eigenvalue weighted by molar-refractivity contribution is 6.03. The van der Waals surface area contributed by atoms with Crippen molar-refractivity contribution >= 4 is 17.4 Å². The van der Waals surface area contributed by atoms with Gasteiger partial charge in [0.25, 0.3) is 5.69 Å². The van der Waals surface area contributed by atoms with E-state index < -0.39 is 17.0 Å². The molecule has 0 spiro atoms. The van der Waals surface area contributed by atoms with Gasteiger partial charge in [-0.05, 0) is 45.4 Å². The Hall–Kier alpha value is -3.16. The number of hydrogen-bond acceptors (Lipinski definition) is 6. The van der Waals surface area contributed by atoms with Crippen LogP contribution in [0, 0.1) is 24.0 Å². The standard InChI is InChI=1S/C18H20N2O6/c1-5-25-18(22)15-10(2)16(19-11(15)3)17(21)12(4)26-14-8-6-13(7-9-14)20(23)24/h6-9,12,19H,5H2,1-4H3. The predicted octanol–water partition coefficient (Wildman–Crippen LogP) is 3.37. The topological polar surface area (TPSA) is 112 Å². The maximum atomic E-state index is 12.7. The van der Waals surface area contributed by atoms with Gasteiger partial charge in [0.05, 0.1) is 22.8 Å². The average molecular weight is 360 g/mol. The summed E-state index contributed by atoms with van der Waals surface area (Å²) in [5.41, 5.74) is 1.61. The number of esters is 1. The van der Waals surface area contributed by atoms with Gasteiger partial charge in [0.1, 0.15) is 5.75 Å². The molecular formula is C18H20N2O6. The summed E-state index contributed by atoms with van der Waals surface area (Å²) >= 11 is 0. The minimum Gasteiger partial charge on any atom is -0.483 e. The quantitative estimate of drug-likeness (QED) is 0.351. The Labute approximate surface area is 150 Å². The van der Waals surface area contributed by atoms with Crippen LogP contribution in [0.3, 0.4) is 0 Å². The van der Waals surface area contributed by atoms with Gasteiger partial charge in [-0.1, -0.05) is 0 Å². The lowest BCUT2D eigenvalue weighted by Crippen LogP contribution is -2.25. The molecule has 2 aromatic rings. The number of non-ortho nitro benzene ring substituents is 1. The molecule has 0 aliphatic heterocycles. The van der Waals surface area contributed by atoms with Crippen LogP contribution in [-0.4, -0.2) is 34.4 Å². The summed E-state index contributed by atoms with van der Waals surface area (Å²) in [6.45, 7) is 6.89. The molecule has 0 saturated heterocycles. The monoisotopic (exact) mass is 360 g/mol. The Morgan fingerprint density at radius 2 is 1.85 bits per heavy atom. The lowest BCUT2D eigenvalue weighted by atomic mass is 10.1. The molecule has 1 aromatic carbocycles. The van der Waals surface area contributed by atoms with Crippen molar-refractivity contribution in [3.63, 3.8) is 0 Å². The van der Waals surface area contributed by atoms with Crippen LogP contribution in [0.4, 0.5) is 5.69 Å². The van der Waals surface area contributed by atoms with E-state index in [0.29, 0.717) is 22.6 Å². The first kappa shape index (κ1) is 19.2. The number of nitro groups is 1. The van der Waals surface area contributed by atoms with E-state index in [2.05, 4.69) is 4.98 Å². The molecule has 1 heterocycles. The Balaban J connectivity index is 2.19. The van der Waals surface area contributed by atoms with Gasteiger partial charge in [-0.3, -0.25) is 14.9 Å². The number of nitrogens with one attached hydrogen (secondary N) is 1. The lowest BCUT2D eigenvalue weighted by Gasteiger charge is -2.13. The van der Waals surface area contributed by atoms with Crippen LogP contribution >= 0.6 is 0 Å². The van der Waals surface area contributed by atoms with Crippen LogP contribution in [0.1, 0.15) is 46.0 Å². The number of H-pyrrole nitrogens is 1. The van der Waals surface area contributed by atoms with Gasteiger partial charge in [0.15, 0.2) is 6.10 Å². The number of ether oxygens (including phenoxy) is 2. The smallest absolute Gasteiger partial charge is 0.340 e. The molecule has 0 amide bonds. The number of nitro benzene ring substituents is 1. The van der Waals surface area contributed by atoms with E-state index >= 15 is 0 Å². The molecule has 2 rings (SSSR count). The molecule has 1 N–H and O–H groups in total. The third kappa shape index (κ3) is 3.90. The van der Waals surface area contributed by atoms with E-state index in [1.54, 1.807) is 27.7 Å². The maximum absolute atomic E-state index is 12.7. The molecule has 0 saturated carbocycles. The van der Waals surface area contributed by atoms with Gasteiger partial charge in [-0.2, -0.15) is 0 Å². The minimum atomic E-state index is -0.844. The molecule has 0 aliphatic rings. The fourth-order valence-corrected chi connectivity index (χ4v) is 2.61. The average Bonchev–Trinajstić information content (AvgIpc) is 2.89. The van der Waals surface area contributed by atoms with E-state index in [-0.39, 0.29) is 23.8 Å². The maximum Gasteiger partial charge on any atom is 0.340 e. The first-order valence-corrected chi connectivity index (χ1v) is 8.07. The van der Waals surface area contributed by atoms with Crippen LogP contribution in [-0.2, 0) is 4.74 Å². The number of carbonyl (C=O) groups excluding carboxylic acids is 2. The van der Waals surface area contributed by atoms with Crippen LogP contribution in [0.25, 0.3) is 0 Å². The van der Waals surface area contributed by atoms with E-state index in [9.17, 15) is 19.7 Å². The second-order valence-corrected chi connectivity index (χ2v) is 5.72. The normalized spacial score (nSPS) is 11.7. The molecule has 8 nitrogen and oxygen atoms in total. The second kappa shape index (κ2) is 7.81. The molecular weight excluding hydrogens is 340 g/mol. The van der Waals surface area contributed by atoms with Crippen molar-refractivity contribution in [3.05, 3.63) is 56.9 Å². The Kier molecular flexibility index (Phi) is 5.76. The summed E-state index contributed by atoms with van der Waals surface area (Å²) in [5, 5.41) is 10.7. The van der Waals surface area contributed by atoms with Crippen molar-refractivity contribution < 1.29 is 24.0 Å². The summed E-state index contributed by atoms with van der Waals surface area (Å²) in [6.07, 6.45) is -0.844. The van der Waals surface area contributed by atoms with Crippen LogP contribution < -0.4 is 4.74 Å². The first-order valence-electron chi connectivity index (χ1n) is 8.07. The van der Waals surface area contributed by atoms with E-state index in [1.807, 2.05) is 0 Å². The first-order chi connectivity index (χ1) is 12.3. The molecule has 1 atom stereocenters. The molecule has 0 radical (unpaired) electrons. The van der Waals surface area contributed by atoms with Gasteiger partial charge in [0, 0.05) is 17.8 Å². The highest BCUT2D eigenvalue weighted by Gasteiger charge is 2.26. The Bertz CT molecular complexity index is 838. The number of rotatable bonds is 7. The Morgan fingerprint density at radius 3 is 2.38 bits per heavy atom. The molecule has 0 aliphatic carbocycles. The number of benzene rings is 1. The summed E-state index contributed by atoms with van der Waals surface area (Å²) < 4.78 is 10.6. The number of aromatic amines is 1. The van der Waals surface area contributed by atoms with Crippen LogP contribution in [0.2, 0.25) is 0 Å². The highest BCUT2D eigenvalue weighted by Crippen LogP contribution is 2.23. The Morgan fingerprint density at radius 1 is 1.23 bits per heavy atom. The van der Waals surface area contributed by atoms with E-state index in [1.165, 1.54) is 24.3 Å². The zero-order chi connectivity index (χ0) is 19.4. The summed E-state index contributed by atoms with van der Waals surface area (Å²) in [7, 11) is 0. The molecule has 138 valence electrons. The van der Waals surface area contributed by atoms with Gasteiger partial charge in [0.2, 0.25) is 5.78 Å². The molecule has 8 heteroatoms. The number of Topliss-reactive ketones (excluding diaryl/α,β-unsaturated/α-hetero) is 1. The van der Waals surface area contributed by atoms with Gasteiger partial charge >= 0.3 is 5.97 Å².